The number of hydrogen-bond acceptors (Lipinski definition) is 3. The third kappa shape index (κ3) is 2.40. The summed E-state index contributed by atoms with van der Waals surface area (Å²) in [4.78, 5) is 8.44. The molecule has 0 aliphatic carbocycles. The van der Waals surface area contributed by atoms with Gasteiger partial charge in [0.05, 0.1) is 6.04 Å². The lowest BCUT2D eigenvalue weighted by Gasteiger charge is -2.20. The molecule has 1 unspecified atom stereocenters. The van der Waals surface area contributed by atoms with E-state index in [9.17, 15) is 0 Å². The molecule has 0 amide bonds. The van der Waals surface area contributed by atoms with Gasteiger partial charge < -0.3 is 5.32 Å². The Hall–Kier alpha value is -2.26. The van der Waals surface area contributed by atoms with Gasteiger partial charge in [-0.25, -0.2) is 0 Å². The first-order chi connectivity index (χ1) is 9.90. The van der Waals surface area contributed by atoms with Crippen LogP contribution >= 0.6 is 0 Å². The lowest BCUT2D eigenvalue weighted by atomic mass is 9.95. The minimum absolute atomic E-state index is 0.153. The average Bonchev–Trinajstić information content (AvgIpc) is 2.53. The van der Waals surface area contributed by atoms with Crippen molar-refractivity contribution >= 4 is 10.8 Å². The first kappa shape index (κ1) is 12.8. The van der Waals surface area contributed by atoms with E-state index in [1.807, 2.05) is 24.7 Å². The molecular weight excluding hydrogens is 246 g/mol. The molecule has 2 heterocycles. The van der Waals surface area contributed by atoms with E-state index < -0.39 is 0 Å². The Morgan fingerprint density at radius 1 is 1.00 bits per heavy atom. The molecular formula is C17H17N3. The van der Waals surface area contributed by atoms with Crippen molar-refractivity contribution in [2.75, 3.05) is 6.54 Å². The summed E-state index contributed by atoms with van der Waals surface area (Å²) in [6.45, 7) is 3.02. The molecule has 0 fully saturated rings. The van der Waals surface area contributed by atoms with Crippen LogP contribution in [0.2, 0.25) is 0 Å². The fourth-order valence-electron chi connectivity index (χ4n) is 2.56. The Labute approximate surface area is 118 Å². The van der Waals surface area contributed by atoms with Gasteiger partial charge in [0.25, 0.3) is 0 Å². The number of rotatable bonds is 4. The largest absolute Gasteiger partial charge is 0.306 e. The van der Waals surface area contributed by atoms with Crippen LogP contribution in [0, 0.1) is 0 Å². The van der Waals surface area contributed by atoms with Crippen molar-refractivity contribution in [2.24, 2.45) is 0 Å². The van der Waals surface area contributed by atoms with Crippen molar-refractivity contribution in [1.82, 2.24) is 15.3 Å². The van der Waals surface area contributed by atoms with Gasteiger partial charge in [-0.05, 0) is 35.2 Å². The van der Waals surface area contributed by atoms with E-state index in [-0.39, 0.29) is 6.04 Å². The minimum atomic E-state index is 0.153. The second-order valence-electron chi connectivity index (χ2n) is 4.72. The third-order valence-electron chi connectivity index (χ3n) is 3.45. The van der Waals surface area contributed by atoms with E-state index in [4.69, 9.17) is 0 Å². The SMILES string of the molecule is CCNC(c1cccnc1)c1cccc2cnccc12. The highest BCUT2D eigenvalue weighted by Gasteiger charge is 2.15. The fourth-order valence-corrected chi connectivity index (χ4v) is 2.56. The predicted octanol–water partition coefficient (Wildman–Crippen LogP) is 3.33. The number of nitrogens with zero attached hydrogens (tertiary/aromatic N) is 2. The normalized spacial score (nSPS) is 12.4. The highest BCUT2D eigenvalue weighted by molar-refractivity contribution is 5.85. The molecule has 1 atom stereocenters. The first-order valence-electron chi connectivity index (χ1n) is 6.86. The zero-order valence-corrected chi connectivity index (χ0v) is 11.5. The Balaban J connectivity index is 2.15. The van der Waals surface area contributed by atoms with Crippen LogP contribution in [0.5, 0.6) is 0 Å². The standard InChI is InChI=1S/C17H17N3/c1-2-20-17(14-6-4-9-18-12-14)16-7-3-5-13-11-19-10-8-15(13)16/h3-12,17,20H,2H2,1H3. The van der Waals surface area contributed by atoms with Crippen LogP contribution in [0.4, 0.5) is 0 Å². The van der Waals surface area contributed by atoms with Crippen LogP contribution in [0.3, 0.4) is 0 Å². The lowest BCUT2D eigenvalue weighted by Crippen LogP contribution is -2.22. The van der Waals surface area contributed by atoms with Crippen LogP contribution in [-0.2, 0) is 0 Å². The molecule has 100 valence electrons. The van der Waals surface area contributed by atoms with Crippen LogP contribution in [0.15, 0.2) is 61.2 Å². The van der Waals surface area contributed by atoms with Crippen molar-refractivity contribution in [2.45, 2.75) is 13.0 Å². The van der Waals surface area contributed by atoms with Gasteiger partial charge in [-0.1, -0.05) is 31.2 Å². The number of nitrogens with one attached hydrogen (secondary N) is 1. The molecule has 1 aromatic carbocycles. The third-order valence-corrected chi connectivity index (χ3v) is 3.45. The van der Waals surface area contributed by atoms with Gasteiger partial charge in [0, 0.05) is 30.2 Å². The maximum Gasteiger partial charge on any atom is 0.0598 e. The van der Waals surface area contributed by atoms with Gasteiger partial charge in [-0.2, -0.15) is 0 Å². The van der Waals surface area contributed by atoms with E-state index in [0.29, 0.717) is 0 Å². The Morgan fingerprint density at radius 3 is 2.70 bits per heavy atom. The van der Waals surface area contributed by atoms with Crippen molar-refractivity contribution < 1.29 is 0 Å². The monoisotopic (exact) mass is 263 g/mol. The number of fused-ring (bicyclic) bond motifs is 1. The second kappa shape index (κ2) is 5.80. The zero-order chi connectivity index (χ0) is 13.8. The Morgan fingerprint density at radius 2 is 1.90 bits per heavy atom. The Bertz CT molecular complexity index is 689. The fraction of sp³-hybridized carbons (Fsp3) is 0.176. The quantitative estimate of drug-likeness (QED) is 0.784. The lowest BCUT2D eigenvalue weighted by molar-refractivity contribution is 0.632. The predicted molar refractivity (Wildman–Crippen MR) is 81.5 cm³/mol. The summed E-state index contributed by atoms with van der Waals surface area (Å²) in [6.07, 6.45) is 7.48. The van der Waals surface area contributed by atoms with Gasteiger partial charge in [-0.3, -0.25) is 9.97 Å². The van der Waals surface area contributed by atoms with Crippen LogP contribution in [-0.4, -0.2) is 16.5 Å². The van der Waals surface area contributed by atoms with Crippen LogP contribution < -0.4 is 5.32 Å². The summed E-state index contributed by atoms with van der Waals surface area (Å²) in [5.41, 5.74) is 2.44. The highest BCUT2D eigenvalue weighted by Crippen LogP contribution is 2.28. The van der Waals surface area contributed by atoms with E-state index in [1.165, 1.54) is 16.5 Å². The van der Waals surface area contributed by atoms with E-state index in [2.05, 4.69) is 52.5 Å². The molecule has 3 rings (SSSR count). The molecule has 1 N–H and O–H groups in total. The summed E-state index contributed by atoms with van der Waals surface area (Å²) >= 11 is 0. The average molecular weight is 263 g/mol. The molecule has 2 aromatic heterocycles. The van der Waals surface area contributed by atoms with Crippen molar-refractivity contribution in [3.63, 3.8) is 0 Å². The molecule has 0 bridgehead atoms. The topological polar surface area (TPSA) is 37.8 Å². The molecule has 0 radical (unpaired) electrons. The maximum absolute atomic E-state index is 4.24. The van der Waals surface area contributed by atoms with Crippen molar-refractivity contribution in [3.8, 4) is 0 Å². The second-order valence-corrected chi connectivity index (χ2v) is 4.72. The van der Waals surface area contributed by atoms with E-state index in [0.717, 1.165) is 11.9 Å². The van der Waals surface area contributed by atoms with Gasteiger partial charge in [0.2, 0.25) is 0 Å². The summed E-state index contributed by atoms with van der Waals surface area (Å²) in [5.74, 6) is 0. The number of pyridine rings is 2. The van der Waals surface area contributed by atoms with Gasteiger partial charge in [-0.15, -0.1) is 0 Å². The summed E-state index contributed by atoms with van der Waals surface area (Å²) in [7, 11) is 0. The molecule has 0 saturated carbocycles. The van der Waals surface area contributed by atoms with E-state index >= 15 is 0 Å². The van der Waals surface area contributed by atoms with Crippen LogP contribution in [0.1, 0.15) is 24.1 Å². The van der Waals surface area contributed by atoms with Crippen LogP contribution in [0.25, 0.3) is 10.8 Å². The van der Waals surface area contributed by atoms with Gasteiger partial charge in [0.1, 0.15) is 0 Å². The molecule has 3 aromatic rings. The van der Waals surface area contributed by atoms with Crippen molar-refractivity contribution in [3.05, 3.63) is 72.3 Å². The summed E-state index contributed by atoms with van der Waals surface area (Å²) in [5, 5.41) is 5.94. The van der Waals surface area contributed by atoms with Crippen molar-refractivity contribution in [1.29, 1.82) is 0 Å². The first-order valence-corrected chi connectivity index (χ1v) is 6.86. The smallest absolute Gasteiger partial charge is 0.0598 e. The van der Waals surface area contributed by atoms with E-state index in [1.54, 1.807) is 6.20 Å². The maximum atomic E-state index is 4.24. The molecule has 3 nitrogen and oxygen atoms in total. The molecule has 3 heteroatoms. The zero-order valence-electron chi connectivity index (χ0n) is 11.5. The number of hydrogen-bond donors (Lipinski definition) is 1. The number of aromatic nitrogens is 2. The Kier molecular flexibility index (Phi) is 3.70. The summed E-state index contributed by atoms with van der Waals surface area (Å²) in [6, 6.07) is 12.7. The molecule has 0 saturated heterocycles. The minimum Gasteiger partial charge on any atom is -0.306 e. The molecule has 0 aliphatic heterocycles. The summed E-state index contributed by atoms with van der Waals surface area (Å²) < 4.78 is 0. The molecule has 20 heavy (non-hydrogen) atoms. The molecule has 0 spiro atoms. The molecule has 0 aliphatic rings. The van der Waals surface area contributed by atoms with Gasteiger partial charge >= 0.3 is 0 Å². The number of benzene rings is 1. The highest BCUT2D eigenvalue weighted by atomic mass is 14.9. The van der Waals surface area contributed by atoms with Gasteiger partial charge in [0.15, 0.2) is 0 Å².